The van der Waals surface area contributed by atoms with E-state index in [0.717, 1.165) is 30.5 Å². The van der Waals surface area contributed by atoms with Crippen molar-refractivity contribution in [1.82, 2.24) is 10.3 Å². The topological polar surface area (TPSA) is 60.5 Å². The summed E-state index contributed by atoms with van der Waals surface area (Å²) in [5, 5.41) is 3.03. The molecule has 2 heterocycles. The Labute approximate surface area is 151 Å². The molecule has 2 aliphatic rings. The van der Waals surface area contributed by atoms with Crippen LogP contribution in [0.5, 0.6) is 5.75 Å². The van der Waals surface area contributed by atoms with Crippen LogP contribution >= 0.6 is 0 Å². The van der Waals surface area contributed by atoms with Crippen molar-refractivity contribution in [3.63, 3.8) is 0 Å². The number of aryl methyl sites for hydroxylation is 2. The summed E-state index contributed by atoms with van der Waals surface area (Å²) in [7, 11) is 0. The van der Waals surface area contributed by atoms with Crippen molar-refractivity contribution in [3.05, 3.63) is 59.2 Å². The van der Waals surface area contributed by atoms with Crippen LogP contribution < -0.4 is 10.1 Å². The van der Waals surface area contributed by atoms with E-state index in [1.165, 1.54) is 12.1 Å². The van der Waals surface area contributed by atoms with E-state index < -0.39 is 0 Å². The summed E-state index contributed by atoms with van der Waals surface area (Å²) in [6.45, 7) is 0.903. The van der Waals surface area contributed by atoms with Gasteiger partial charge >= 0.3 is 0 Å². The van der Waals surface area contributed by atoms with Gasteiger partial charge in [-0.25, -0.2) is 4.39 Å². The Morgan fingerprint density at radius 2 is 2.23 bits per heavy atom. The molecule has 0 saturated carbocycles. The van der Waals surface area contributed by atoms with Crippen LogP contribution in [0, 0.1) is 5.82 Å². The molecular weight excluding hydrogens is 335 g/mol. The molecule has 1 aromatic heterocycles. The summed E-state index contributed by atoms with van der Waals surface area (Å²) < 4.78 is 24.7. The number of nitrogens with zero attached hydrogens (tertiary/aromatic N) is 1. The first-order chi connectivity index (χ1) is 12.7. The van der Waals surface area contributed by atoms with Gasteiger partial charge in [-0.2, -0.15) is 0 Å². The Hall–Kier alpha value is -2.47. The Morgan fingerprint density at radius 1 is 1.31 bits per heavy atom. The SMILES string of the molecule is O=C(N[C@H]1CCOC[C@@H]1Oc1cccc(F)c1)c1cnc2c(c1)CCC2. The third-order valence-electron chi connectivity index (χ3n) is 4.89. The first-order valence-corrected chi connectivity index (χ1v) is 8.98. The Morgan fingerprint density at radius 3 is 3.12 bits per heavy atom. The van der Waals surface area contributed by atoms with Crippen LogP contribution in [0.15, 0.2) is 36.5 Å². The number of pyridine rings is 1. The highest BCUT2D eigenvalue weighted by atomic mass is 19.1. The maximum atomic E-state index is 13.4. The molecule has 6 heteroatoms. The van der Waals surface area contributed by atoms with E-state index in [2.05, 4.69) is 10.3 Å². The Bertz CT molecular complexity index is 811. The minimum atomic E-state index is -0.364. The highest BCUT2D eigenvalue weighted by Crippen LogP contribution is 2.22. The van der Waals surface area contributed by atoms with E-state index >= 15 is 0 Å². The second-order valence-corrected chi connectivity index (χ2v) is 6.74. The van der Waals surface area contributed by atoms with Gasteiger partial charge in [-0.15, -0.1) is 0 Å². The molecule has 0 bridgehead atoms. The van der Waals surface area contributed by atoms with Crippen LogP contribution in [0.1, 0.15) is 34.5 Å². The summed E-state index contributed by atoms with van der Waals surface area (Å²) in [5.74, 6) is -0.0880. The molecule has 26 heavy (non-hydrogen) atoms. The number of carbonyl (C=O) groups excluding carboxylic acids is 1. The second kappa shape index (κ2) is 7.41. The van der Waals surface area contributed by atoms with Crippen molar-refractivity contribution in [2.24, 2.45) is 0 Å². The smallest absolute Gasteiger partial charge is 0.253 e. The van der Waals surface area contributed by atoms with Crippen molar-refractivity contribution >= 4 is 5.91 Å². The van der Waals surface area contributed by atoms with Gasteiger partial charge in [0.1, 0.15) is 17.7 Å². The molecule has 1 fully saturated rings. The molecule has 1 amide bonds. The molecule has 4 rings (SSSR count). The number of nitrogens with one attached hydrogen (secondary N) is 1. The number of fused-ring (bicyclic) bond motifs is 1. The van der Waals surface area contributed by atoms with Gasteiger partial charge < -0.3 is 14.8 Å². The number of hydrogen-bond donors (Lipinski definition) is 1. The Kier molecular flexibility index (Phi) is 4.84. The van der Waals surface area contributed by atoms with Crippen LogP contribution in [-0.2, 0) is 17.6 Å². The minimum absolute atomic E-state index is 0.160. The fourth-order valence-corrected chi connectivity index (χ4v) is 3.51. The zero-order chi connectivity index (χ0) is 17.9. The summed E-state index contributed by atoms with van der Waals surface area (Å²) in [5.41, 5.74) is 2.83. The van der Waals surface area contributed by atoms with E-state index in [0.29, 0.717) is 30.9 Å². The van der Waals surface area contributed by atoms with E-state index in [9.17, 15) is 9.18 Å². The number of carbonyl (C=O) groups is 1. The van der Waals surface area contributed by atoms with Crippen LogP contribution in [0.3, 0.4) is 0 Å². The monoisotopic (exact) mass is 356 g/mol. The maximum Gasteiger partial charge on any atom is 0.253 e. The predicted molar refractivity (Wildman–Crippen MR) is 93.8 cm³/mol. The molecule has 2 atom stereocenters. The average Bonchev–Trinajstić information content (AvgIpc) is 3.11. The highest BCUT2D eigenvalue weighted by molar-refractivity contribution is 5.94. The van der Waals surface area contributed by atoms with E-state index in [1.54, 1.807) is 18.3 Å². The Balaban J connectivity index is 1.45. The fourth-order valence-electron chi connectivity index (χ4n) is 3.51. The van der Waals surface area contributed by atoms with Gasteiger partial charge in [-0.3, -0.25) is 9.78 Å². The van der Waals surface area contributed by atoms with Crippen molar-refractivity contribution in [3.8, 4) is 5.75 Å². The standard InChI is InChI=1S/C20H21FN2O3/c21-15-4-2-5-16(10-15)26-19-12-25-8-7-18(19)23-20(24)14-9-13-3-1-6-17(13)22-11-14/h2,4-5,9-11,18-19H,1,3,6-8,12H2,(H,23,24)/t18-,19-/m0/s1. The van der Waals surface area contributed by atoms with Crippen LogP contribution in [0.4, 0.5) is 4.39 Å². The van der Waals surface area contributed by atoms with E-state index in [1.807, 2.05) is 6.07 Å². The first-order valence-electron chi connectivity index (χ1n) is 8.98. The first kappa shape index (κ1) is 17.0. The zero-order valence-corrected chi connectivity index (χ0v) is 14.4. The van der Waals surface area contributed by atoms with E-state index in [-0.39, 0.29) is 23.9 Å². The number of rotatable bonds is 4. The molecule has 136 valence electrons. The number of halogens is 1. The molecule has 2 aromatic rings. The number of hydrogen-bond acceptors (Lipinski definition) is 4. The molecule has 5 nitrogen and oxygen atoms in total. The van der Waals surface area contributed by atoms with Gasteiger partial charge in [0.2, 0.25) is 0 Å². The van der Waals surface area contributed by atoms with Crippen molar-refractivity contribution in [2.75, 3.05) is 13.2 Å². The van der Waals surface area contributed by atoms with Gasteiger partial charge in [0.15, 0.2) is 0 Å². The third-order valence-corrected chi connectivity index (χ3v) is 4.89. The normalized spacial score (nSPS) is 21.9. The number of benzene rings is 1. The third kappa shape index (κ3) is 3.70. The lowest BCUT2D eigenvalue weighted by molar-refractivity contribution is -0.0136. The number of aromatic nitrogens is 1. The molecule has 1 aromatic carbocycles. The van der Waals surface area contributed by atoms with E-state index in [4.69, 9.17) is 9.47 Å². The largest absolute Gasteiger partial charge is 0.486 e. The van der Waals surface area contributed by atoms with Crippen LogP contribution in [0.25, 0.3) is 0 Å². The molecule has 0 unspecified atom stereocenters. The minimum Gasteiger partial charge on any atom is -0.486 e. The molecule has 1 N–H and O–H groups in total. The summed E-state index contributed by atoms with van der Waals surface area (Å²) in [6.07, 6.45) is 4.98. The summed E-state index contributed by atoms with van der Waals surface area (Å²) >= 11 is 0. The molecule has 0 radical (unpaired) electrons. The van der Waals surface area contributed by atoms with Gasteiger partial charge in [-0.05, 0) is 49.4 Å². The summed E-state index contributed by atoms with van der Waals surface area (Å²) in [4.78, 5) is 17.1. The lowest BCUT2D eigenvalue weighted by Crippen LogP contribution is -2.51. The van der Waals surface area contributed by atoms with Crippen LogP contribution in [0.2, 0.25) is 0 Å². The highest BCUT2D eigenvalue weighted by Gasteiger charge is 2.29. The summed E-state index contributed by atoms with van der Waals surface area (Å²) in [6, 6.07) is 7.72. The molecule has 0 spiro atoms. The quantitative estimate of drug-likeness (QED) is 0.915. The predicted octanol–water partition coefficient (Wildman–Crippen LogP) is 2.68. The van der Waals surface area contributed by atoms with Crippen molar-refractivity contribution < 1.29 is 18.7 Å². The average molecular weight is 356 g/mol. The molecule has 1 aliphatic heterocycles. The van der Waals surface area contributed by atoms with Crippen molar-refractivity contribution in [2.45, 2.75) is 37.8 Å². The lowest BCUT2D eigenvalue weighted by Gasteiger charge is -2.32. The number of amides is 1. The van der Waals surface area contributed by atoms with Gasteiger partial charge in [0, 0.05) is 24.6 Å². The number of ether oxygens (including phenoxy) is 2. The molecule has 1 aliphatic carbocycles. The zero-order valence-electron chi connectivity index (χ0n) is 14.4. The van der Waals surface area contributed by atoms with Crippen LogP contribution in [-0.4, -0.2) is 36.3 Å². The second-order valence-electron chi connectivity index (χ2n) is 6.74. The van der Waals surface area contributed by atoms with Gasteiger partial charge in [0.25, 0.3) is 5.91 Å². The fraction of sp³-hybridized carbons (Fsp3) is 0.400. The molecular formula is C20H21FN2O3. The van der Waals surface area contributed by atoms with Gasteiger partial charge in [0.05, 0.1) is 18.2 Å². The van der Waals surface area contributed by atoms with Crippen molar-refractivity contribution in [1.29, 1.82) is 0 Å². The van der Waals surface area contributed by atoms with Gasteiger partial charge in [-0.1, -0.05) is 6.07 Å². The molecule has 1 saturated heterocycles. The lowest BCUT2D eigenvalue weighted by atomic mass is 10.0. The maximum absolute atomic E-state index is 13.4.